The van der Waals surface area contributed by atoms with Crippen molar-refractivity contribution in [2.24, 2.45) is 5.73 Å². The van der Waals surface area contributed by atoms with Crippen LogP contribution in [0.15, 0.2) is 65.9 Å². The van der Waals surface area contributed by atoms with Crippen LogP contribution in [0.3, 0.4) is 0 Å². The van der Waals surface area contributed by atoms with E-state index < -0.39 is 5.69 Å². The van der Waals surface area contributed by atoms with E-state index in [1.54, 1.807) is 6.20 Å². The number of aromatic nitrogens is 7. The molecule has 9 nitrogen and oxygen atoms in total. The van der Waals surface area contributed by atoms with E-state index in [4.69, 9.17) is 5.73 Å². The van der Waals surface area contributed by atoms with E-state index in [1.165, 1.54) is 17.2 Å². The van der Waals surface area contributed by atoms with Crippen LogP contribution in [0, 0.1) is 6.92 Å². The van der Waals surface area contributed by atoms with Crippen LogP contribution in [0.1, 0.15) is 5.56 Å². The molecule has 0 fully saturated rings. The maximum absolute atomic E-state index is 12.8. The van der Waals surface area contributed by atoms with Crippen LogP contribution < -0.4 is 11.4 Å². The van der Waals surface area contributed by atoms with Gasteiger partial charge < -0.3 is 10.7 Å². The molecule has 0 aliphatic heterocycles. The van der Waals surface area contributed by atoms with Crippen LogP contribution in [0.4, 0.5) is 4.39 Å². The van der Waals surface area contributed by atoms with Crippen molar-refractivity contribution >= 4 is 0 Å². The van der Waals surface area contributed by atoms with Gasteiger partial charge in [-0.15, -0.1) is 10.2 Å². The van der Waals surface area contributed by atoms with Crippen LogP contribution in [-0.2, 0) is 6.54 Å². The number of nitrogens with one attached hydrogen (secondary N) is 1. The van der Waals surface area contributed by atoms with E-state index in [-0.39, 0.29) is 18.7 Å². The van der Waals surface area contributed by atoms with Gasteiger partial charge in [-0.3, -0.25) is 0 Å². The van der Waals surface area contributed by atoms with E-state index in [2.05, 4.69) is 25.3 Å². The van der Waals surface area contributed by atoms with E-state index >= 15 is 0 Å². The quantitative estimate of drug-likeness (QED) is 0.505. The van der Waals surface area contributed by atoms with Gasteiger partial charge in [0.1, 0.15) is 18.5 Å². The average Bonchev–Trinajstić information content (AvgIpc) is 3.43. The van der Waals surface area contributed by atoms with Crippen LogP contribution in [0.25, 0.3) is 28.3 Å². The smallest absolute Gasteiger partial charge is 0.328 e. The molecular weight excluding hydrogens is 387 g/mol. The van der Waals surface area contributed by atoms with Crippen molar-refractivity contribution in [3.63, 3.8) is 0 Å². The first kappa shape index (κ1) is 19.4. The van der Waals surface area contributed by atoms with Gasteiger partial charge in [0.05, 0.1) is 12.9 Å². The number of aromatic amines is 1. The Morgan fingerprint density at radius 3 is 2.80 bits per heavy atom. The van der Waals surface area contributed by atoms with Crippen LogP contribution in [0.5, 0.6) is 0 Å². The summed E-state index contributed by atoms with van der Waals surface area (Å²) in [5, 5.41) is 11.9. The van der Waals surface area contributed by atoms with Gasteiger partial charge in [-0.1, -0.05) is 18.2 Å². The minimum atomic E-state index is -0.418. The van der Waals surface area contributed by atoms with E-state index in [0.717, 1.165) is 26.9 Å². The fourth-order valence-corrected chi connectivity index (χ4v) is 3.10. The molecule has 3 heterocycles. The third-order valence-corrected chi connectivity index (χ3v) is 4.67. The number of nitrogens with zero attached hydrogens (tertiary/aromatic N) is 6. The summed E-state index contributed by atoms with van der Waals surface area (Å²) in [5.74, 6) is 1.14. The van der Waals surface area contributed by atoms with Gasteiger partial charge in [-0.05, 0) is 35.8 Å². The van der Waals surface area contributed by atoms with Crippen molar-refractivity contribution < 1.29 is 4.39 Å². The molecule has 30 heavy (non-hydrogen) atoms. The summed E-state index contributed by atoms with van der Waals surface area (Å²) < 4.78 is 15.3. The zero-order valence-electron chi connectivity index (χ0n) is 16.2. The number of benzene rings is 1. The molecule has 0 bridgehead atoms. The van der Waals surface area contributed by atoms with Crippen molar-refractivity contribution in [3.05, 3.63) is 77.1 Å². The predicted octanol–water partition coefficient (Wildman–Crippen LogP) is 2.00. The highest BCUT2D eigenvalue weighted by molar-refractivity contribution is 5.70. The zero-order valence-corrected chi connectivity index (χ0v) is 16.2. The molecule has 3 aromatic heterocycles. The Morgan fingerprint density at radius 2 is 2.10 bits per heavy atom. The third kappa shape index (κ3) is 3.67. The fourth-order valence-electron chi connectivity index (χ4n) is 3.10. The lowest BCUT2D eigenvalue weighted by molar-refractivity contribution is 0.612. The summed E-state index contributed by atoms with van der Waals surface area (Å²) in [4.78, 5) is 20.1. The van der Waals surface area contributed by atoms with Gasteiger partial charge in [0, 0.05) is 23.9 Å². The molecule has 0 saturated carbocycles. The van der Waals surface area contributed by atoms with Crippen molar-refractivity contribution in [1.82, 2.24) is 34.5 Å². The number of H-pyrrole nitrogens is 1. The monoisotopic (exact) mass is 406 g/mol. The summed E-state index contributed by atoms with van der Waals surface area (Å²) in [6, 6.07) is 9.77. The average molecular weight is 406 g/mol. The molecule has 0 aliphatic rings. The molecule has 0 amide bonds. The van der Waals surface area contributed by atoms with Crippen LogP contribution in [-0.4, -0.2) is 41.1 Å². The first-order valence-electron chi connectivity index (χ1n) is 9.17. The molecular formula is C20H19FN8O. The van der Waals surface area contributed by atoms with Gasteiger partial charge in [0.25, 0.3) is 0 Å². The fraction of sp³-hybridized carbons (Fsp3) is 0.150. The molecule has 152 valence electrons. The summed E-state index contributed by atoms with van der Waals surface area (Å²) >= 11 is 0. The molecule has 4 rings (SSSR count). The Balaban J connectivity index is 1.66. The number of hydrogen-bond donors (Lipinski definition) is 2. The lowest BCUT2D eigenvalue weighted by Crippen LogP contribution is -2.26. The number of rotatable bonds is 6. The van der Waals surface area contributed by atoms with Gasteiger partial charge in [-0.25, -0.2) is 23.4 Å². The second kappa shape index (κ2) is 8.21. The van der Waals surface area contributed by atoms with E-state index in [1.807, 2.05) is 37.3 Å². The number of hydrogen-bond acceptors (Lipinski definition) is 6. The second-order valence-corrected chi connectivity index (χ2v) is 6.70. The topological polar surface area (TPSA) is 120 Å². The van der Waals surface area contributed by atoms with E-state index in [9.17, 15) is 9.18 Å². The number of nitrogens with two attached hydrogens (primary N) is 1. The molecule has 3 N–H and O–H groups in total. The maximum Gasteiger partial charge on any atom is 0.351 e. The zero-order chi connectivity index (χ0) is 21.1. The third-order valence-electron chi connectivity index (χ3n) is 4.67. The molecule has 0 unspecified atom stereocenters. The molecule has 0 aliphatic carbocycles. The Labute approximate surface area is 170 Å². The second-order valence-electron chi connectivity index (χ2n) is 6.70. The van der Waals surface area contributed by atoms with Crippen molar-refractivity contribution in [3.8, 4) is 28.3 Å². The van der Waals surface area contributed by atoms with E-state index in [0.29, 0.717) is 18.0 Å². The SMILES string of the molecule is Cc1cc(-c2cccc(-c3nnc[nH]3)c2)cnc1-n1cnn(C/C(=C/F)CN)c1=O. The summed E-state index contributed by atoms with van der Waals surface area (Å²) in [6.45, 7) is 1.86. The first-order chi connectivity index (χ1) is 14.6. The van der Waals surface area contributed by atoms with Gasteiger partial charge in [0.2, 0.25) is 0 Å². The highest BCUT2D eigenvalue weighted by Crippen LogP contribution is 2.25. The number of halogens is 1. The highest BCUT2D eigenvalue weighted by Gasteiger charge is 2.13. The maximum atomic E-state index is 12.8. The van der Waals surface area contributed by atoms with Crippen LogP contribution in [0.2, 0.25) is 0 Å². The van der Waals surface area contributed by atoms with Crippen molar-refractivity contribution in [1.29, 1.82) is 0 Å². The lowest BCUT2D eigenvalue weighted by Gasteiger charge is -2.08. The molecule has 0 atom stereocenters. The Morgan fingerprint density at radius 1 is 1.27 bits per heavy atom. The highest BCUT2D eigenvalue weighted by atomic mass is 19.1. The summed E-state index contributed by atoms with van der Waals surface area (Å²) in [6.07, 6.45) is 4.99. The first-order valence-corrected chi connectivity index (χ1v) is 9.17. The standard InChI is InChI=1S/C20H19FN8O/c1-13-5-17(15-3-2-4-16(6-15)18-24-11-25-27-18)9-23-19(13)28-12-26-29(20(28)30)10-14(7-21)8-22/h2-7,9,11-12H,8,10,22H2,1H3,(H,24,25,27)/b14-7+. The molecule has 1 aromatic carbocycles. The predicted molar refractivity (Wildman–Crippen MR) is 109 cm³/mol. The number of pyridine rings is 1. The molecule has 0 radical (unpaired) electrons. The summed E-state index contributed by atoms with van der Waals surface area (Å²) in [7, 11) is 0. The van der Waals surface area contributed by atoms with Gasteiger partial charge in [-0.2, -0.15) is 5.10 Å². The van der Waals surface area contributed by atoms with Gasteiger partial charge >= 0.3 is 5.69 Å². The normalized spacial score (nSPS) is 11.8. The Hall–Kier alpha value is -3.92. The lowest BCUT2D eigenvalue weighted by atomic mass is 10.0. The van der Waals surface area contributed by atoms with Gasteiger partial charge in [0.15, 0.2) is 5.82 Å². The molecule has 0 spiro atoms. The van der Waals surface area contributed by atoms with Crippen molar-refractivity contribution in [2.45, 2.75) is 13.5 Å². The molecule has 0 saturated heterocycles. The minimum Gasteiger partial charge on any atom is -0.328 e. The minimum absolute atomic E-state index is 0.00884. The Bertz CT molecular complexity index is 1260. The largest absolute Gasteiger partial charge is 0.351 e. The van der Waals surface area contributed by atoms with Crippen molar-refractivity contribution in [2.75, 3.05) is 6.54 Å². The summed E-state index contributed by atoms with van der Waals surface area (Å²) in [5.41, 5.74) is 8.85. The number of aryl methyl sites for hydroxylation is 1. The Kier molecular flexibility index (Phi) is 5.31. The molecule has 10 heteroatoms. The van der Waals surface area contributed by atoms with Crippen LogP contribution >= 0.6 is 0 Å². The molecule has 4 aromatic rings.